The molecule has 3 aromatic rings. The number of aromatic nitrogens is 6. The SMILES string of the molecule is COC[C@@H](C)Oc1nc(C(=O)N[C@H](C)C(C)(C)O)nc(N2CCC(COc3cc(-c4cn(C)cn4)cnc3N)CC2)n1. The maximum absolute atomic E-state index is 13.0. The van der Waals surface area contributed by atoms with Crippen LogP contribution in [0.15, 0.2) is 24.8 Å². The van der Waals surface area contributed by atoms with Crippen molar-refractivity contribution >= 4 is 17.7 Å². The van der Waals surface area contributed by atoms with Gasteiger partial charge in [0.05, 0.1) is 36.9 Å². The number of piperidine rings is 1. The van der Waals surface area contributed by atoms with Crippen LogP contribution in [-0.2, 0) is 11.8 Å². The summed E-state index contributed by atoms with van der Waals surface area (Å²) in [5.41, 5.74) is 6.59. The lowest BCUT2D eigenvalue weighted by atomic mass is 9.98. The monoisotopic (exact) mass is 583 g/mol. The lowest BCUT2D eigenvalue weighted by molar-refractivity contribution is 0.0405. The Morgan fingerprint density at radius 1 is 1.21 bits per heavy atom. The Labute approximate surface area is 245 Å². The normalized spacial score (nSPS) is 15.7. The summed E-state index contributed by atoms with van der Waals surface area (Å²) < 4.78 is 18.9. The summed E-state index contributed by atoms with van der Waals surface area (Å²) in [6.07, 6.45) is 6.61. The standard InChI is InChI=1S/C28H41N9O5/c1-17(14-40-6)42-27-34-24(25(38)32-18(2)28(3,4)39)33-26(35-27)37-9-7-19(8-10-37)15-41-22-11-20(12-30-23(22)29)21-13-36(5)16-31-21/h11-13,16-19,39H,7-10,14-15H2,1-6H3,(H2,29,30)(H,32,38)/t17-,18-/m1/s1. The number of aliphatic hydroxyl groups is 1. The number of rotatable bonds is 12. The summed E-state index contributed by atoms with van der Waals surface area (Å²) in [5, 5.41) is 13.0. The van der Waals surface area contributed by atoms with Crippen molar-refractivity contribution in [1.82, 2.24) is 34.8 Å². The molecule has 1 aliphatic heterocycles. The van der Waals surface area contributed by atoms with Crippen LogP contribution >= 0.6 is 0 Å². The van der Waals surface area contributed by atoms with E-state index in [1.54, 1.807) is 40.4 Å². The van der Waals surface area contributed by atoms with Gasteiger partial charge in [0.1, 0.15) is 6.10 Å². The van der Waals surface area contributed by atoms with Crippen molar-refractivity contribution in [3.05, 3.63) is 30.6 Å². The second kappa shape index (κ2) is 13.3. The molecule has 14 nitrogen and oxygen atoms in total. The zero-order valence-electron chi connectivity index (χ0n) is 25.1. The maximum atomic E-state index is 13.0. The molecular weight excluding hydrogens is 542 g/mol. The third-order valence-corrected chi connectivity index (χ3v) is 7.18. The van der Waals surface area contributed by atoms with E-state index in [2.05, 4.69) is 30.2 Å². The molecule has 1 amide bonds. The lowest BCUT2D eigenvalue weighted by Gasteiger charge is -2.32. The first-order chi connectivity index (χ1) is 19.9. The van der Waals surface area contributed by atoms with E-state index in [0.717, 1.165) is 24.1 Å². The predicted molar refractivity (Wildman–Crippen MR) is 156 cm³/mol. The molecule has 1 saturated heterocycles. The Morgan fingerprint density at radius 3 is 2.60 bits per heavy atom. The molecule has 228 valence electrons. The summed E-state index contributed by atoms with van der Waals surface area (Å²) in [4.78, 5) is 36.8. The second-order valence-corrected chi connectivity index (χ2v) is 11.2. The fourth-order valence-electron chi connectivity index (χ4n) is 4.31. The molecule has 3 aromatic heterocycles. The molecule has 4 heterocycles. The molecule has 0 aromatic carbocycles. The molecule has 4 N–H and O–H groups in total. The highest BCUT2D eigenvalue weighted by molar-refractivity contribution is 5.91. The molecule has 0 aliphatic carbocycles. The van der Waals surface area contributed by atoms with E-state index >= 15 is 0 Å². The van der Waals surface area contributed by atoms with Crippen LogP contribution in [0.1, 0.15) is 51.2 Å². The van der Waals surface area contributed by atoms with Gasteiger partial charge in [0.25, 0.3) is 5.91 Å². The lowest BCUT2D eigenvalue weighted by Crippen LogP contribution is -2.47. The van der Waals surface area contributed by atoms with Gasteiger partial charge < -0.3 is 39.8 Å². The molecule has 0 unspecified atom stereocenters. The number of nitrogens with zero attached hydrogens (tertiary/aromatic N) is 7. The molecule has 42 heavy (non-hydrogen) atoms. The number of amides is 1. The zero-order chi connectivity index (χ0) is 30.4. The molecule has 1 aliphatic rings. The fraction of sp³-hybridized carbons (Fsp3) is 0.571. The molecule has 4 rings (SSSR count). The number of nitrogens with two attached hydrogens (primary N) is 1. The van der Waals surface area contributed by atoms with E-state index in [0.29, 0.717) is 43.8 Å². The van der Waals surface area contributed by atoms with Gasteiger partial charge in [-0.25, -0.2) is 9.97 Å². The molecule has 1 fully saturated rings. The van der Waals surface area contributed by atoms with Crippen molar-refractivity contribution in [2.45, 2.75) is 58.3 Å². The van der Waals surface area contributed by atoms with Crippen molar-refractivity contribution < 1.29 is 24.1 Å². The molecule has 2 atom stereocenters. The van der Waals surface area contributed by atoms with Crippen molar-refractivity contribution in [2.75, 3.05) is 44.0 Å². The van der Waals surface area contributed by atoms with Crippen molar-refractivity contribution in [1.29, 1.82) is 0 Å². The first-order valence-corrected chi connectivity index (χ1v) is 14.0. The number of hydrogen-bond donors (Lipinski definition) is 3. The van der Waals surface area contributed by atoms with Crippen LogP contribution in [0.25, 0.3) is 11.3 Å². The van der Waals surface area contributed by atoms with Gasteiger partial charge in [-0.1, -0.05) is 0 Å². The number of carbonyl (C=O) groups excluding carboxylic acids is 1. The van der Waals surface area contributed by atoms with Crippen molar-refractivity contribution in [3.8, 4) is 23.0 Å². The number of carbonyl (C=O) groups is 1. The number of pyridine rings is 1. The van der Waals surface area contributed by atoms with E-state index in [4.69, 9.17) is 19.9 Å². The Balaban J connectivity index is 1.42. The van der Waals surface area contributed by atoms with E-state index < -0.39 is 17.6 Å². The quantitative estimate of drug-likeness (QED) is 0.282. The summed E-state index contributed by atoms with van der Waals surface area (Å²) in [5.74, 6) is 0.866. The third-order valence-electron chi connectivity index (χ3n) is 7.18. The van der Waals surface area contributed by atoms with Gasteiger partial charge in [0, 0.05) is 45.2 Å². The van der Waals surface area contributed by atoms with E-state index in [9.17, 15) is 9.90 Å². The number of methoxy groups -OCH3 is 1. The molecular formula is C28H41N9O5. The first kappa shape index (κ1) is 30.9. The number of ether oxygens (including phenoxy) is 3. The average Bonchev–Trinajstić information content (AvgIpc) is 3.38. The van der Waals surface area contributed by atoms with Gasteiger partial charge in [-0.15, -0.1) is 0 Å². The molecule has 0 saturated carbocycles. The Hall–Kier alpha value is -4.04. The Bertz CT molecular complexity index is 1350. The highest BCUT2D eigenvalue weighted by Gasteiger charge is 2.28. The molecule has 14 heteroatoms. The predicted octanol–water partition coefficient (Wildman–Crippen LogP) is 1.85. The number of anilines is 2. The number of nitrogens with one attached hydrogen (secondary N) is 1. The summed E-state index contributed by atoms with van der Waals surface area (Å²) in [6, 6.07) is 1.36. The summed E-state index contributed by atoms with van der Waals surface area (Å²) >= 11 is 0. The van der Waals surface area contributed by atoms with E-state index in [-0.39, 0.29) is 23.9 Å². The Morgan fingerprint density at radius 2 is 1.95 bits per heavy atom. The van der Waals surface area contributed by atoms with Gasteiger partial charge >= 0.3 is 6.01 Å². The van der Waals surface area contributed by atoms with Crippen molar-refractivity contribution in [2.24, 2.45) is 13.0 Å². The fourth-order valence-corrected chi connectivity index (χ4v) is 4.31. The van der Waals surface area contributed by atoms with Gasteiger partial charge in [-0.2, -0.15) is 15.0 Å². The highest BCUT2D eigenvalue weighted by atomic mass is 16.5. The summed E-state index contributed by atoms with van der Waals surface area (Å²) in [6.45, 7) is 8.87. The average molecular weight is 584 g/mol. The number of aryl methyl sites for hydroxylation is 1. The van der Waals surface area contributed by atoms with Crippen LogP contribution in [0.4, 0.5) is 11.8 Å². The first-order valence-electron chi connectivity index (χ1n) is 14.0. The van der Waals surface area contributed by atoms with Gasteiger partial charge in [-0.3, -0.25) is 4.79 Å². The molecule has 0 spiro atoms. The van der Waals surface area contributed by atoms with Gasteiger partial charge in [-0.05, 0) is 52.5 Å². The second-order valence-electron chi connectivity index (χ2n) is 11.2. The summed E-state index contributed by atoms with van der Waals surface area (Å²) in [7, 11) is 3.48. The molecule has 0 bridgehead atoms. The van der Waals surface area contributed by atoms with E-state index in [1.807, 2.05) is 35.7 Å². The minimum absolute atomic E-state index is 0.0341. The number of hydrogen-bond acceptors (Lipinski definition) is 12. The maximum Gasteiger partial charge on any atom is 0.322 e. The number of nitrogen functional groups attached to an aromatic ring is 1. The van der Waals surface area contributed by atoms with Gasteiger partial charge in [0.2, 0.25) is 11.8 Å². The number of imidazole rings is 1. The highest BCUT2D eigenvalue weighted by Crippen LogP contribution is 2.28. The minimum Gasteiger partial charge on any atom is -0.489 e. The van der Waals surface area contributed by atoms with E-state index in [1.165, 1.54) is 0 Å². The van der Waals surface area contributed by atoms with Crippen LogP contribution in [0.3, 0.4) is 0 Å². The van der Waals surface area contributed by atoms with Crippen LogP contribution < -0.4 is 25.4 Å². The topological polar surface area (TPSA) is 176 Å². The van der Waals surface area contributed by atoms with Crippen LogP contribution in [0, 0.1) is 5.92 Å². The largest absolute Gasteiger partial charge is 0.489 e. The van der Waals surface area contributed by atoms with Crippen LogP contribution in [-0.4, -0.2) is 91.7 Å². The third kappa shape index (κ3) is 8.03. The zero-order valence-corrected chi connectivity index (χ0v) is 25.1. The van der Waals surface area contributed by atoms with Crippen LogP contribution in [0.2, 0.25) is 0 Å². The van der Waals surface area contributed by atoms with Crippen LogP contribution in [0.5, 0.6) is 11.8 Å². The minimum atomic E-state index is -1.12. The molecule has 0 radical (unpaired) electrons. The smallest absolute Gasteiger partial charge is 0.322 e. The van der Waals surface area contributed by atoms with Crippen molar-refractivity contribution in [3.63, 3.8) is 0 Å². The van der Waals surface area contributed by atoms with Gasteiger partial charge in [0.15, 0.2) is 11.6 Å². The Kier molecular flexibility index (Phi) is 9.78.